The minimum atomic E-state index is -0.525. The Hall–Kier alpha value is -3.76. The van der Waals surface area contributed by atoms with Crippen LogP contribution in [0.2, 0.25) is 0 Å². The average molecular weight is 482 g/mol. The van der Waals surface area contributed by atoms with Crippen molar-refractivity contribution in [2.24, 2.45) is 0 Å². The van der Waals surface area contributed by atoms with Gasteiger partial charge in [0.25, 0.3) is 5.91 Å². The van der Waals surface area contributed by atoms with Crippen LogP contribution in [0.1, 0.15) is 23.0 Å². The molecular formula is C23H19N3O5S2. The Bertz CT molecular complexity index is 1250. The standard InChI is InChI=1S/C23H19N3O5S2/c1-2-14-30-16-10-8-15(9-11-16)20-22(31-17-6-4-3-5-7-17)33-23(24-20)25-21(27)18-12-13-19(32-18)26(28)29/h3-13H,2,14H2,1H3,(H,24,25,27). The van der Waals surface area contributed by atoms with Gasteiger partial charge in [0, 0.05) is 11.6 Å². The predicted octanol–water partition coefficient (Wildman–Crippen LogP) is 6.61. The van der Waals surface area contributed by atoms with E-state index >= 15 is 0 Å². The van der Waals surface area contributed by atoms with Crippen LogP contribution in [0.4, 0.5) is 10.1 Å². The SMILES string of the molecule is CCCOc1ccc(-c2nc(NC(=O)c3ccc([N+](=O)[O-])s3)sc2Oc2ccccc2)cc1. The minimum Gasteiger partial charge on any atom is -0.494 e. The van der Waals surface area contributed by atoms with Crippen LogP contribution < -0.4 is 14.8 Å². The Morgan fingerprint density at radius 2 is 1.79 bits per heavy atom. The normalized spacial score (nSPS) is 10.6. The van der Waals surface area contributed by atoms with Gasteiger partial charge in [-0.2, -0.15) is 0 Å². The molecule has 4 rings (SSSR count). The zero-order chi connectivity index (χ0) is 23.2. The van der Waals surface area contributed by atoms with Crippen molar-refractivity contribution in [3.05, 3.63) is 81.7 Å². The number of nitrogens with zero attached hydrogens (tertiary/aromatic N) is 2. The summed E-state index contributed by atoms with van der Waals surface area (Å²) in [4.78, 5) is 27.8. The Morgan fingerprint density at radius 1 is 1.03 bits per heavy atom. The van der Waals surface area contributed by atoms with Gasteiger partial charge in [0.15, 0.2) is 5.13 Å². The molecule has 0 aliphatic heterocycles. The first-order valence-corrected chi connectivity index (χ1v) is 11.7. The lowest BCUT2D eigenvalue weighted by Crippen LogP contribution is -2.09. The third kappa shape index (κ3) is 5.54. The Labute approximate surface area is 197 Å². The second kappa shape index (κ2) is 10.2. The van der Waals surface area contributed by atoms with Crippen molar-refractivity contribution < 1.29 is 19.2 Å². The fourth-order valence-corrected chi connectivity index (χ4v) is 4.41. The maximum atomic E-state index is 12.6. The molecule has 1 N–H and O–H groups in total. The number of hydrogen-bond donors (Lipinski definition) is 1. The fourth-order valence-electron chi connectivity index (χ4n) is 2.84. The Kier molecular flexibility index (Phi) is 6.96. The Balaban J connectivity index is 1.61. The summed E-state index contributed by atoms with van der Waals surface area (Å²) in [6.07, 6.45) is 0.916. The van der Waals surface area contributed by atoms with Crippen molar-refractivity contribution in [3.63, 3.8) is 0 Å². The summed E-state index contributed by atoms with van der Waals surface area (Å²) in [5.74, 6) is 0.925. The van der Waals surface area contributed by atoms with Crippen molar-refractivity contribution >= 4 is 38.7 Å². The monoisotopic (exact) mass is 481 g/mol. The molecule has 168 valence electrons. The maximum absolute atomic E-state index is 12.6. The first-order valence-electron chi connectivity index (χ1n) is 10.1. The van der Waals surface area contributed by atoms with Crippen LogP contribution in [-0.4, -0.2) is 22.4 Å². The van der Waals surface area contributed by atoms with Gasteiger partial charge in [-0.15, -0.1) is 0 Å². The van der Waals surface area contributed by atoms with E-state index in [1.165, 1.54) is 23.5 Å². The van der Waals surface area contributed by atoms with E-state index in [2.05, 4.69) is 10.3 Å². The first kappa shape index (κ1) is 22.4. The van der Waals surface area contributed by atoms with Crippen LogP contribution in [0.15, 0.2) is 66.7 Å². The van der Waals surface area contributed by atoms with Crippen LogP contribution in [0.3, 0.4) is 0 Å². The lowest BCUT2D eigenvalue weighted by Gasteiger charge is -2.07. The number of thiazole rings is 1. The summed E-state index contributed by atoms with van der Waals surface area (Å²) >= 11 is 1.98. The van der Waals surface area contributed by atoms with Crippen molar-refractivity contribution in [1.29, 1.82) is 0 Å². The number of aromatic nitrogens is 1. The van der Waals surface area contributed by atoms with Crippen molar-refractivity contribution in [3.8, 4) is 27.8 Å². The largest absolute Gasteiger partial charge is 0.494 e. The van der Waals surface area contributed by atoms with Crippen molar-refractivity contribution in [2.45, 2.75) is 13.3 Å². The number of ether oxygens (including phenoxy) is 2. The van der Waals surface area contributed by atoms with Gasteiger partial charge in [0.05, 0.1) is 16.4 Å². The summed E-state index contributed by atoms with van der Waals surface area (Å²) in [5.41, 5.74) is 1.37. The van der Waals surface area contributed by atoms with E-state index in [4.69, 9.17) is 9.47 Å². The van der Waals surface area contributed by atoms with Crippen LogP contribution >= 0.6 is 22.7 Å². The molecule has 10 heteroatoms. The number of nitrogens with one attached hydrogen (secondary N) is 1. The number of carbonyl (C=O) groups is 1. The molecule has 33 heavy (non-hydrogen) atoms. The highest BCUT2D eigenvalue weighted by atomic mass is 32.1. The van der Waals surface area contributed by atoms with Gasteiger partial charge in [-0.3, -0.25) is 20.2 Å². The van der Waals surface area contributed by atoms with Gasteiger partial charge < -0.3 is 9.47 Å². The molecular weight excluding hydrogens is 462 g/mol. The van der Waals surface area contributed by atoms with E-state index < -0.39 is 10.8 Å². The smallest absolute Gasteiger partial charge is 0.324 e. The van der Waals surface area contributed by atoms with E-state index in [-0.39, 0.29) is 9.88 Å². The molecule has 0 aliphatic rings. The molecule has 8 nitrogen and oxygen atoms in total. The van der Waals surface area contributed by atoms with Crippen LogP contribution in [-0.2, 0) is 0 Å². The maximum Gasteiger partial charge on any atom is 0.324 e. The molecule has 0 radical (unpaired) electrons. The fraction of sp³-hybridized carbons (Fsp3) is 0.130. The van der Waals surface area contributed by atoms with Gasteiger partial charge in [-0.25, -0.2) is 4.98 Å². The average Bonchev–Trinajstić information content (AvgIpc) is 3.47. The number of carbonyl (C=O) groups excluding carboxylic acids is 1. The van der Waals surface area contributed by atoms with Crippen LogP contribution in [0, 0.1) is 10.1 Å². The number of para-hydroxylation sites is 1. The lowest BCUT2D eigenvalue weighted by atomic mass is 10.1. The first-order chi connectivity index (χ1) is 16.0. The molecule has 4 aromatic rings. The summed E-state index contributed by atoms with van der Waals surface area (Å²) in [5, 5.41) is 14.4. The number of nitro groups is 1. The summed E-state index contributed by atoms with van der Waals surface area (Å²) in [6, 6.07) is 19.5. The molecule has 0 fully saturated rings. The molecule has 0 spiro atoms. The topological polar surface area (TPSA) is 104 Å². The Morgan fingerprint density at radius 3 is 2.45 bits per heavy atom. The van der Waals surface area contributed by atoms with E-state index in [1.807, 2.05) is 61.5 Å². The van der Waals surface area contributed by atoms with Gasteiger partial charge in [-0.05, 0) is 48.9 Å². The molecule has 0 saturated carbocycles. The number of hydrogen-bond acceptors (Lipinski definition) is 8. The van der Waals surface area contributed by atoms with Crippen LogP contribution in [0.25, 0.3) is 11.3 Å². The number of thiophene rings is 1. The molecule has 2 aromatic heterocycles. The minimum absolute atomic E-state index is 0.0986. The molecule has 0 atom stereocenters. The predicted molar refractivity (Wildman–Crippen MR) is 129 cm³/mol. The number of benzene rings is 2. The zero-order valence-electron chi connectivity index (χ0n) is 17.5. The van der Waals surface area contributed by atoms with Crippen LogP contribution in [0.5, 0.6) is 16.6 Å². The molecule has 2 aromatic carbocycles. The second-order valence-corrected chi connectivity index (χ2v) is 8.82. The molecule has 0 saturated heterocycles. The highest BCUT2D eigenvalue weighted by molar-refractivity contribution is 7.19. The quantitative estimate of drug-likeness (QED) is 0.213. The number of anilines is 1. The second-order valence-electron chi connectivity index (χ2n) is 6.79. The number of amides is 1. The molecule has 0 unspecified atom stereocenters. The summed E-state index contributed by atoms with van der Waals surface area (Å²) in [6.45, 7) is 2.68. The van der Waals surface area contributed by atoms with Crippen molar-refractivity contribution in [1.82, 2.24) is 4.98 Å². The van der Waals surface area contributed by atoms with Gasteiger partial charge in [0.1, 0.15) is 17.2 Å². The highest BCUT2D eigenvalue weighted by Crippen LogP contribution is 2.41. The van der Waals surface area contributed by atoms with E-state index in [0.717, 1.165) is 29.1 Å². The molecule has 2 heterocycles. The van der Waals surface area contributed by atoms with E-state index in [0.29, 0.717) is 28.2 Å². The van der Waals surface area contributed by atoms with E-state index in [1.54, 1.807) is 0 Å². The van der Waals surface area contributed by atoms with Gasteiger partial charge >= 0.3 is 5.00 Å². The van der Waals surface area contributed by atoms with Gasteiger partial charge in [-0.1, -0.05) is 47.8 Å². The third-order valence-electron chi connectivity index (χ3n) is 4.37. The zero-order valence-corrected chi connectivity index (χ0v) is 19.2. The lowest BCUT2D eigenvalue weighted by molar-refractivity contribution is -0.380. The van der Waals surface area contributed by atoms with E-state index in [9.17, 15) is 14.9 Å². The van der Waals surface area contributed by atoms with Gasteiger partial charge in [0.2, 0.25) is 5.06 Å². The summed E-state index contributed by atoms with van der Waals surface area (Å²) < 4.78 is 11.7. The molecule has 0 aliphatic carbocycles. The van der Waals surface area contributed by atoms with Crippen molar-refractivity contribution in [2.75, 3.05) is 11.9 Å². The highest BCUT2D eigenvalue weighted by Gasteiger charge is 2.20. The summed E-state index contributed by atoms with van der Waals surface area (Å²) in [7, 11) is 0. The molecule has 1 amide bonds. The third-order valence-corrected chi connectivity index (χ3v) is 6.25. The molecule has 0 bridgehead atoms. The number of rotatable bonds is 9.